The number of benzene rings is 2. The molecule has 3 aliphatic rings. The minimum absolute atomic E-state index is 0.00682. The Morgan fingerprint density at radius 2 is 1.58 bits per heavy atom. The highest BCUT2D eigenvalue weighted by atomic mass is 79.9. The van der Waals surface area contributed by atoms with Gasteiger partial charge in [-0.1, -0.05) is 55.6 Å². The first-order valence-corrected chi connectivity index (χ1v) is 13.3. The van der Waals surface area contributed by atoms with Crippen LogP contribution in [-0.4, -0.2) is 54.6 Å². The maximum atomic E-state index is 13.6. The van der Waals surface area contributed by atoms with Gasteiger partial charge in [0.2, 0.25) is 0 Å². The summed E-state index contributed by atoms with van der Waals surface area (Å²) in [6.45, 7) is -0.648. The van der Waals surface area contributed by atoms with Gasteiger partial charge in [0.25, 0.3) is 23.4 Å². The van der Waals surface area contributed by atoms with E-state index in [9.17, 15) is 29.3 Å². The second-order valence-electron chi connectivity index (χ2n) is 9.09. The van der Waals surface area contributed by atoms with E-state index in [2.05, 4.69) is 31.9 Å². The van der Waals surface area contributed by atoms with Crippen LogP contribution < -0.4 is 0 Å². The molecule has 0 unspecified atom stereocenters. The molecule has 0 N–H and O–H groups in total. The molecule has 0 aromatic heterocycles. The Morgan fingerprint density at radius 1 is 1.00 bits per heavy atom. The number of halogens is 3. The molecule has 9 nitrogen and oxygen atoms in total. The summed E-state index contributed by atoms with van der Waals surface area (Å²) in [4.78, 5) is 64.5. The Balaban J connectivity index is 1.51. The summed E-state index contributed by atoms with van der Waals surface area (Å²) in [6.07, 6.45) is 0.713. The van der Waals surface area contributed by atoms with Crippen LogP contribution in [0.3, 0.4) is 0 Å². The molecule has 186 valence electrons. The molecule has 2 aromatic rings. The van der Waals surface area contributed by atoms with Gasteiger partial charge in [-0.25, -0.2) is 5.01 Å². The van der Waals surface area contributed by atoms with Gasteiger partial charge in [0.1, 0.15) is 6.54 Å². The molecule has 5 rings (SSSR count). The number of carbonyl (C=O) groups excluding carboxylic acids is 4. The molecule has 1 aliphatic heterocycles. The van der Waals surface area contributed by atoms with Crippen molar-refractivity contribution in [3.63, 3.8) is 0 Å². The fourth-order valence-electron chi connectivity index (χ4n) is 5.57. The molecule has 2 aromatic carbocycles. The highest BCUT2D eigenvalue weighted by Gasteiger charge is 2.67. The van der Waals surface area contributed by atoms with Crippen molar-refractivity contribution in [1.29, 1.82) is 0 Å². The summed E-state index contributed by atoms with van der Waals surface area (Å²) in [5.41, 5.74) is -0.176. The smallest absolute Gasteiger partial charge is 0.273 e. The third kappa shape index (κ3) is 3.97. The molecule has 1 saturated heterocycles. The number of Topliss-reactive ketones (excluding diaryl/α,β-unsaturated/α-hetero) is 1. The summed E-state index contributed by atoms with van der Waals surface area (Å²) in [5, 5.41) is 13.2. The van der Waals surface area contributed by atoms with Crippen molar-refractivity contribution >= 4 is 72.7 Å². The summed E-state index contributed by atoms with van der Waals surface area (Å²) in [7, 11) is 0. The molecule has 0 radical (unpaired) electrons. The molecule has 2 saturated carbocycles. The van der Waals surface area contributed by atoms with Crippen LogP contribution >= 0.6 is 43.5 Å². The number of rotatable bonds is 6. The van der Waals surface area contributed by atoms with Crippen LogP contribution in [0, 0.1) is 33.8 Å². The van der Waals surface area contributed by atoms with Crippen LogP contribution in [-0.2, 0) is 9.59 Å². The maximum Gasteiger partial charge on any atom is 0.273 e. The number of non-ortho nitro benzene ring substituents is 1. The Morgan fingerprint density at radius 3 is 2.14 bits per heavy atom. The standard InChI is InChI=1S/C24H18Br2ClN3O6/c25-20-15-9-16(21(20)26)19-18(15)23(33)29(24(19)34)28(22(32)11-4-6-13(27)7-5-11)10-17(31)12-2-1-3-14(8-12)30(35)36/h1-8,15-16,18-21H,9-10H2/t15-,16-,18-,19-,20-,21+/m1/s1. The molecule has 0 spiro atoms. The van der Waals surface area contributed by atoms with E-state index in [1.165, 1.54) is 42.5 Å². The molecular formula is C24H18Br2ClN3O6. The lowest BCUT2D eigenvalue weighted by Crippen LogP contribution is -2.52. The van der Waals surface area contributed by atoms with Crippen molar-refractivity contribution in [2.24, 2.45) is 23.7 Å². The number of ketones is 1. The topological polar surface area (TPSA) is 118 Å². The largest absolute Gasteiger partial charge is 0.292 e. The number of fused-ring (bicyclic) bond motifs is 5. The van der Waals surface area contributed by atoms with Gasteiger partial charge in [0.15, 0.2) is 5.78 Å². The number of nitrogens with zero attached hydrogens (tertiary/aromatic N) is 3. The molecule has 36 heavy (non-hydrogen) atoms. The van der Waals surface area contributed by atoms with Crippen LogP contribution in [0.2, 0.25) is 5.02 Å². The van der Waals surface area contributed by atoms with Gasteiger partial charge in [0.05, 0.1) is 16.8 Å². The molecular weight excluding hydrogens is 622 g/mol. The van der Waals surface area contributed by atoms with E-state index in [4.69, 9.17) is 11.6 Å². The van der Waals surface area contributed by atoms with Crippen LogP contribution in [0.25, 0.3) is 0 Å². The third-order valence-electron chi connectivity index (χ3n) is 7.20. The number of nitro benzene ring substituents is 1. The number of amides is 3. The van der Waals surface area contributed by atoms with Gasteiger partial charge >= 0.3 is 0 Å². The molecule has 2 aliphatic carbocycles. The predicted molar refractivity (Wildman–Crippen MR) is 136 cm³/mol. The number of alkyl halides is 2. The second kappa shape index (κ2) is 9.35. The third-order valence-corrected chi connectivity index (χ3v) is 10.7. The van der Waals surface area contributed by atoms with E-state index in [1.807, 2.05) is 0 Å². The highest BCUT2D eigenvalue weighted by molar-refractivity contribution is 9.12. The zero-order valence-corrected chi connectivity index (χ0v) is 22.4. The molecule has 3 fully saturated rings. The summed E-state index contributed by atoms with van der Waals surface area (Å²) >= 11 is 13.2. The van der Waals surface area contributed by atoms with Gasteiger partial charge in [-0.3, -0.25) is 29.3 Å². The quantitative estimate of drug-likeness (QED) is 0.153. The Labute approximate surface area is 227 Å². The zero-order chi connectivity index (χ0) is 25.9. The predicted octanol–water partition coefficient (Wildman–Crippen LogP) is 4.27. The minimum Gasteiger partial charge on any atom is -0.292 e. The van der Waals surface area contributed by atoms with E-state index in [0.29, 0.717) is 11.4 Å². The fraction of sp³-hybridized carbons (Fsp3) is 0.333. The van der Waals surface area contributed by atoms with Crippen molar-refractivity contribution in [1.82, 2.24) is 10.0 Å². The molecule has 12 heteroatoms. The number of hydrazine groups is 1. The lowest BCUT2D eigenvalue weighted by molar-refractivity contribution is -0.384. The number of imide groups is 1. The van der Waals surface area contributed by atoms with Crippen molar-refractivity contribution in [3.8, 4) is 0 Å². The van der Waals surface area contributed by atoms with Crippen molar-refractivity contribution in [3.05, 3.63) is 74.8 Å². The lowest BCUT2D eigenvalue weighted by Gasteiger charge is -2.30. The van der Waals surface area contributed by atoms with Crippen LogP contribution in [0.4, 0.5) is 5.69 Å². The molecule has 3 amide bonds. The normalized spacial score (nSPS) is 28.4. The second-order valence-corrected chi connectivity index (χ2v) is 11.6. The van der Waals surface area contributed by atoms with E-state index < -0.39 is 46.8 Å². The summed E-state index contributed by atoms with van der Waals surface area (Å²) in [5.74, 6) is -3.76. The average molecular weight is 640 g/mol. The minimum atomic E-state index is -0.731. The van der Waals surface area contributed by atoms with E-state index in [1.54, 1.807) is 0 Å². The first kappa shape index (κ1) is 25.0. The number of carbonyl (C=O) groups is 4. The van der Waals surface area contributed by atoms with E-state index >= 15 is 0 Å². The van der Waals surface area contributed by atoms with Crippen LogP contribution in [0.5, 0.6) is 0 Å². The molecule has 2 bridgehead atoms. The number of hydrogen-bond donors (Lipinski definition) is 0. The number of nitro groups is 1. The van der Waals surface area contributed by atoms with E-state index in [-0.39, 0.29) is 38.3 Å². The maximum absolute atomic E-state index is 13.6. The van der Waals surface area contributed by atoms with Crippen LogP contribution in [0.1, 0.15) is 27.1 Å². The zero-order valence-electron chi connectivity index (χ0n) is 18.4. The first-order valence-electron chi connectivity index (χ1n) is 11.1. The van der Waals surface area contributed by atoms with Crippen molar-refractivity contribution in [2.45, 2.75) is 16.1 Å². The molecule has 6 atom stereocenters. The van der Waals surface area contributed by atoms with Crippen molar-refractivity contribution in [2.75, 3.05) is 6.54 Å². The van der Waals surface area contributed by atoms with Gasteiger partial charge < -0.3 is 0 Å². The highest BCUT2D eigenvalue weighted by Crippen LogP contribution is 2.60. The monoisotopic (exact) mass is 637 g/mol. The van der Waals surface area contributed by atoms with Gasteiger partial charge in [-0.05, 0) is 42.5 Å². The SMILES string of the molecule is O=C(CN(C(=O)c1ccc(Cl)cc1)N1C(=O)[C@@H]2[C@H]3C[C@@H]([C@@H](Br)[C@H]3Br)[C@H]2C1=O)c1cccc([N+](=O)[O-])c1. The Hall–Kier alpha value is -2.63. The van der Waals surface area contributed by atoms with Gasteiger partial charge in [0, 0.05) is 37.9 Å². The Kier molecular flexibility index (Phi) is 6.50. The number of hydrogen-bond acceptors (Lipinski definition) is 6. The van der Waals surface area contributed by atoms with Crippen LogP contribution in [0.15, 0.2) is 48.5 Å². The fourth-order valence-corrected chi connectivity index (χ4v) is 7.57. The summed E-state index contributed by atoms with van der Waals surface area (Å²) < 4.78 is 0. The molecule has 1 heterocycles. The first-order chi connectivity index (χ1) is 17.1. The lowest BCUT2D eigenvalue weighted by atomic mass is 9.81. The Bertz CT molecular complexity index is 1270. The van der Waals surface area contributed by atoms with Gasteiger partial charge in [-0.15, -0.1) is 0 Å². The van der Waals surface area contributed by atoms with E-state index in [0.717, 1.165) is 16.1 Å². The summed E-state index contributed by atoms with van der Waals surface area (Å²) in [6, 6.07) is 10.9. The average Bonchev–Trinajstić information content (AvgIpc) is 3.47. The van der Waals surface area contributed by atoms with Crippen molar-refractivity contribution < 1.29 is 24.1 Å². The van der Waals surface area contributed by atoms with Gasteiger partial charge in [-0.2, -0.15) is 5.01 Å².